The maximum absolute atomic E-state index is 13.4. The highest BCUT2D eigenvalue weighted by atomic mass is 32.2. The molecule has 1 aliphatic rings. The molecule has 0 bridgehead atoms. The monoisotopic (exact) mass is 506 g/mol. The van der Waals surface area contributed by atoms with Crippen LogP contribution in [0.4, 0.5) is 5.69 Å². The lowest BCUT2D eigenvalue weighted by atomic mass is 10.1. The molecule has 9 heteroatoms. The molecule has 188 valence electrons. The van der Waals surface area contributed by atoms with E-state index in [1.165, 1.54) is 24.8 Å². The molecule has 0 aliphatic carbocycles. The fraction of sp³-hybridized carbons (Fsp3) is 0.259. The van der Waals surface area contributed by atoms with E-state index >= 15 is 0 Å². The zero-order valence-corrected chi connectivity index (χ0v) is 21.0. The Morgan fingerprint density at radius 1 is 0.944 bits per heavy atom. The van der Waals surface area contributed by atoms with Gasteiger partial charge in [-0.05, 0) is 42.0 Å². The first-order chi connectivity index (χ1) is 17.5. The number of hydrogen-bond donors (Lipinski definition) is 1. The van der Waals surface area contributed by atoms with E-state index < -0.39 is 22.5 Å². The number of methoxy groups -OCH3 is 1. The number of sulfonamides is 1. The van der Waals surface area contributed by atoms with Crippen LogP contribution in [0, 0.1) is 0 Å². The number of ether oxygens (including phenoxy) is 1. The molecule has 4 rings (SSSR count). The number of carbonyl (C=O) groups excluding carboxylic acids is 1. The van der Waals surface area contributed by atoms with Crippen molar-refractivity contribution in [2.24, 2.45) is 5.10 Å². The van der Waals surface area contributed by atoms with Gasteiger partial charge in [0.15, 0.2) is 0 Å². The minimum absolute atomic E-state index is 0.0667. The van der Waals surface area contributed by atoms with Gasteiger partial charge in [0.2, 0.25) is 0 Å². The van der Waals surface area contributed by atoms with Crippen LogP contribution >= 0.6 is 0 Å². The number of para-hydroxylation sites is 1. The molecule has 0 unspecified atom stereocenters. The summed E-state index contributed by atoms with van der Waals surface area (Å²) in [6.07, 6.45) is 1.50. The number of piperidine rings is 1. The van der Waals surface area contributed by atoms with E-state index in [0.29, 0.717) is 11.4 Å². The number of nitrogens with zero attached hydrogens (tertiary/aromatic N) is 3. The van der Waals surface area contributed by atoms with Gasteiger partial charge in [0, 0.05) is 38.2 Å². The molecule has 3 aromatic carbocycles. The molecule has 1 saturated heterocycles. The summed E-state index contributed by atoms with van der Waals surface area (Å²) >= 11 is 0. The maximum Gasteiger partial charge on any atom is 0.264 e. The first-order valence-electron chi connectivity index (χ1n) is 11.8. The molecule has 0 atom stereocenters. The number of hydrogen-bond acceptors (Lipinski definition) is 6. The summed E-state index contributed by atoms with van der Waals surface area (Å²) in [5.74, 6) is 0.0405. The first-order valence-corrected chi connectivity index (χ1v) is 13.2. The van der Waals surface area contributed by atoms with Gasteiger partial charge in [0.05, 0.1) is 17.7 Å². The van der Waals surface area contributed by atoms with Crippen molar-refractivity contribution in [2.75, 3.05) is 31.0 Å². The van der Waals surface area contributed by atoms with Gasteiger partial charge in [-0.1, -0.05) is 48.5 Å². The van der Waals surface area contributed by atoms with Gasteiger partial charge in [-0.15, -0.1) is 0 Å². The van der Waals surface area contributed by atoms with E-state index in [1.54, 1.807) is 42.5 Å². The van der Waals surface area contributed by atoms with Crippen LogP contribution in [-0.2, 0) is 21.4 Å². The lowest BCUT2D eigenvalue weighted by molar-refractivity contribution is -0.119. The second kappa shape index (κ2) is 11.8. The number of rotatable bonds is 9. The molecule has 1 fully saturated rings. The van der Waals surface area contributed by atoms with Crippen molar-refractivity contribution in [1.82, 2.24) is 10.3 Å². The number of nitrogens with one attached hydrogen (secondary N) is 1. The molecule has 3 aromatic rings. The second-order valence-corrected chi connectivity index (χ2v) is 10.4. The van der Waals surface area contributed by atoms with Gasteiger partial charge in [0.25, 0.3) is 15.9 Å². The fourth-order valence-corrected chi connectivity index (χ4v) is 5.44. The Morgan fingerprint density at radius 3 is 2.17 bits per heavy atom. The Kier molecular flexibility index (Phi) is 8.35. The fourth-order valence-electron chi connectivity index (χ4n) is 4.01. The molecule has 0 radical (unpaired) electrons. The smallest absolute Gasteiger partial charge is 0.264 e. The zero-order chi connectivity index (χ0) is 25.4. The number of amides is 1. The van der Waals surface area contributed by atoms with Crippen LogP contribution < -0.4 is 14.5 Å². The Balaban J connectivity index is 1.40. The molecule has 1 aliphatic heterocycles. The van der Waals surface area contributed by atoms with Gasteiger partial charge >= 0.3 is 0 Å². The molecule has 1 heterocycles. The summed E-state index contributed by atoms with van der Waals surface area (Å²) in [5.41, 5.74) is 5.13. The molecule has 0 aromatic heterocycles. The lowest BCUT2D eigenvalue weighted by Gasteiger charge is -2.27. The quantitative estimate of drug-likeness (QED) is 0.447. The van der Waals surface area contributed by atoms with Crippen LogP contribution in [0.15, 0.2) is 94.9 Å². The van der Waals surface area contributed by atoms with E-state index in [0.717, 1.165) is 42.5 Å². The molecule has 0 spiro atoms. The van der Waals surface area contributed by atoms with E-state index in [9.17, 15) is 13.2 Å². The summed E-state index contributed by atoms with van der Waals surface area (Å²) in [4.78, 5) is 15.2. The van der Waals surface area contributed by atoms with Gasteiger partial charge in [-0.3, -0.25) is 14.0 Å². The molecule has 1 amide bonds. The number of benzene rings is 3. The van der Waals surface area contributed by atoms with Gasteiger partial charge in [-0.2, -0.15) is 5.10 Å². The van der Waals surface area contributed by atoms with Gasteiger partial charge < -0.3 is 4.74 Å². The molecule has 1 N–H and O–H groups in total. The van der Waals surface area contributed by atoms with Crippen molar-refractivity contribution < 1.29 is 17.9 Å². The summed E-state index contributed by atoms with van der Waals surface area (Å²) in [6, 6.07) is 24.9. The zero-order valence-electron chi connectivity index (χ0n) is 20.2. The number of carbonyl (C=O) groups is 1. The van der Waals surface area contributed by atoms with Crippen molar-refractivity contribution in [3.05, 3.63) is 90.5 Å². The van der Waals surface area contributed by atoms with Crippen LogP contribution in [0.2, 0.25) is 0 Å². The Bertz CT molecular complexity index is 1270. The highest BCUT2D eigenvalue weighted by Gasteiger charge is 2.27. The second-order valence-electron chi connectivity index (χ2n) is 8.50. The van der Waals surface area contributed by atoms with E-state index in [-0.39, 0.29) is 4.90 Å². The van der Waals surface area contributed by atoms with Crippen LogP contribution in [0.1, 0.15) is 18.4 Å². The van der Waals surface area contributed by atoms with E-state index in [1.807, 2.05) is 18.2 Å². The number of likely N-dealkylation sites (tertiary alicyclic amines) is 1. The van der Waals surface area contributed by atoms with Crippen molar-refractivity contribution in [2.45, 2.75) is 24.3 Å². The Hall–Kier alpha value is -3.69. The van der Waals surface area contributed by atoms with Crippen LogP contribution in [0.3, 0.4) is 0 Å². The van der Waals surface area contributed by atoms with Crippen LogP contribution in [0.5, 0.6) is 5.75 Å². The van der Waals surface area contributed by atoms with Crippen LogP contribution in [0.25, 0.3) is 0 Å². The topological polar surface area (TPSA) is 91.3 Å². The van der Waals surface area contributed by atoms with Gasteiger partial charge in [0.1, 0.15) is 12.3 Å². The third-order valence-electron chi connectivity index (χ3n) is 6.00. The number of anilines is 1. The van der Waals surface area contributed by atoms with Crippen molar-refractivity contribution in [3.8, 4) is 5.75 Å². The standard InChI is InChI=1S/C27H30N4O4S/c1-35-25-12-14-26(15-13-25)36(33,34)31(24-10-6-3-7-11-24)21-27(32)29-28-23-16-18-30(19-17-23)20-22-8-4-2-5-9-22/h2-15H,16-21H2,1H3,(H,29,32). The first kappa shape index (κ1) is 25.4. The molecular formula is C27H30N4O4S. The molecular weight excluding hydrogens is 476 g/mol. The minimum atomic E-state index is -3.99. The van der Waals surface area contributed by atoms with Gasteiger partial charge in [-0.25, -0.2) is 13.8 Å². The SMILES string of the molecule is COc1ccc(S(=O)(=O)N(CC(=O)NN=C2CCN(Cc3ccccc3)CC2)c2ccccc2)cc1. The van der Waals surface area contributed by atoms with Crippen LogP contribution in [-0.4, -0.2) is 51.7 Å². The highest BCUT2D eigenvalue weighted by molar-refractivity contribution is 7.92. The largest absolute Gasteiger partial charge is 0.497 e. The Labute approximate surface area is 212 Å². The third-order valence-corrected chi connectivity index (χ3v) is 7.79. The van der Waals surface area contributed by atoms with Crippen molar-refractivity contribution in [1.29, 1.82) is 0 Å². The summed E-state index contributed by atoms with van der Waals surface area (Å²) in [6.45, 7) is 2.20. The summed E-state index contributed by atoms with van der Waals surface area (Å²) in [5, 5.41) is 4.30. The highest BCUT2D eigenvalue weighted by Crippen LogP contribution is 2.25. The Morgan fingerprint density at radius 2 is 1.56 bits per heavy atom. The lowest BCUT2D eigenvalue weighted by Crippen LogP contribution is -2.40. The maximum atomic E-state index is 13.4. The van der Waals surface area contributed by atoms with Crippen molar-refractivity contribution in [3.63, 3.8) is 0 Å². The predicted octanol–water partition coefficient (Wildman–Crippen LogP) is 3.66. The molecule has 0 saturated carbocycles. The van der Waals surface area contributed by atoms with Crippen molar-refractivity contribution >= 4 is 27.3 Å². The minimum Gasteiger partial charge on any atom is -0.497 e. The molecule has 36 heavy (non-hydrogen) atoms. The number of hydrazone groups is 1. The average Bonchev–Trinajstić information content (AvgIpc) is 2.92. The normalized spacial score (nSPS) is 14.2. The summed E-state index contributed by atoms with van der Waals surface area (Å²) < 4.78 is 33.1. The third kappa shape index (κ3) is 6.50. The summed E-state index contributed by atoms with van der Waals surface area (Å²) in [7, 11) is -2.48. The van der Waals surface area contributed by atoms with E-state index in [2.05, 4.69) is 27.6 Å². The predicted molar refractivity (Wildman–Crippen MR) is 140 cm³/mol. The average molecular weight is 507 g/mol. The molecule has 8 nitrogen and oxygen atoms in total. The van der Waals surface area contributed by atoms with E-state index in [4.69, 9.17) is 4.74 Å².